The highest BCUT2D eigenvalue weighted by atomic mass is 19.1. The van der Waals surface area contributed by atoms with Crippen molar-refractivity contribution in [3.63, 3.8) is 0 Å². The van der Waals surface area contributed by atoms with Gasteiger partial charge >= 0.3 is 5.97 Å². The molecule has 0 aromatic heterocycles. The average molecular weight is 383 g/mol. The maximum absolute atomic E-state index is 13.6. The molecule has 0 aliphatic carbocycles. The number of hydrogen-bond donors (Lipinski definition) is 1. The number of phenolic OH excluding ortho intramolecular Hbond substituents is 1. The molecule has 2 rings (SSSR count). The van der Waals surface area contributed by atoms with Gasteiger partial charge in [-0.3, -0.25) is 4.79 Å². The molecule has 0 atom stereocenters. The van der Waals surface area contributed by atoms with Gasteiger partial charge in [0, 0.05) is 38.7 Å². The van der Waals surface area contributed by atoms with Gasteiger partial charge in [0.15, 0.2) is 11.6 Å². The van der Waals surface area contributed by atoms with Crippen LogP contribution in [0.25, 0.3) is 6.08 Å². The van der Waals surface area contributed by atoms with Crippen molar-refractivity contribution in [2.24, 2.45) is 0 Å². The molecule has 5 N–H and O–H groups in total. The Morgan fingerprint density at radius 1 is 1.15 bits per heavy atom. The van der Waals surface area contributed by atoms with Crippen LogP contribution in [-0.4, -0.2) is 48.5 Å². The van der Waals surface area contributed by atoms with Crippen LogP contribution >= 0.6 is 0 Å². The molecule has 1 aliphatic rings. The minimum atomic E-state index is -0.795. The van der Waals surface area contributed by atoms with Crippen molar-refractivity contribution in [3.05, 3.63) is 41.2 Å². The molecule has 27 heavy (non-hydrogen) atoms. The van der Waals surface area contributed by atoms with Crippen molar-refractivity contribution in [1.29, 1.82) is 0 Å². The zero-order valence-electron chi connectivity index (χ0n) is 15.4. The van der Waals surface area contributed by atoms with Crippen molar-refractivity contribution < 1.29 is 34.8 Å². The SMILES string of the molecule is CN(C)c1cc(O)c2c(c1)/C=C/CCCC(=O)/C(F)=C\CCOC2=O.O.O. The Hall–Kier alpha value is -2.71. The molecule has 1 heterocycles. The van der Waals surface area contributed by atoms with Crippen LogP contribution in [0.15, 0.2) is 30.1 Å². The molecule has 0 saturated heterocycles. The van der Waals surface area contributed by atoms with Crippen molar-refractivity contribution in [3.8, 4) is 5.75 Å². The lowest BCUT2D eigenvalue weighted by Crippen LogP contribution is -2.12. The van der Waals surface area contributed by atoms with Crippen molar-refractivity contribution in [1.82, 2.24) is 0 Å². The van der Waals surface area contributed by atoms with Gasteiger partial charge in [-0.2, -0.15) is 0 Å². The Morgan fingerprint density at radius 3 is 2.52 bits per heavy atom. The van der Waals surface area contributed by atoms with E-state index in [0.717, 1.165) is 11.8 Å². The van der Waals surface area contributed by atoms with Gasteiger partial charge in [0.25, 0.3) is 0 Å². The number of hydrogen-bond acceptors (Lipinski definition) is 5. The molecule has 7 nitrogen and oxygen atoms in total. The number of aromatic hydroxyl groups is 1. The topological polar surface area (TPSA) is 130 Å². The molecule has 1 aromatic carbocycles. The number of Topliss-reactive ketones (excluding diaryl/α,β-unsaturated/α-hetero) is 1. The zero-order chi connectivity index (χ0) is 18.4. The lowest BCUT2D eigenvalue weighted by atomic mass is 10.0. The van der Waals surface area contributed by atoms with Gasteiger partial charge in [0.05, 0.1) is 6.61 Å². The van der Waals surface area contributed by atoms with Gasteiger partial charge in [-0.15, -0.1) is 0 Å². The number of ether oxygens (including phenoxy) is 1. The van der Waals surface area contributed by atoms with E-state index in [9.17, 15) is 19.1 Å². The molecule has 0 fully saturated rings. The standard InChI is InChI=1S/C19H22FNO4.2H2O/c1-21(2)14-11-13-7-4-3-5-9-16(22)15(20)8-6-10-25-19(24)18(13)17(23)12-14;;/h4,7-8,11-12,23H,3,5-6,9-10H2,1-2H3;2*1H2/b7-4+,15-8+;;. The molecule has 0 amide bonds. The van der Waals surface area contributed by atoms with E-state index in [0.29, 0.717) is 18.4 Å². The van der Waals surface area contributed by atoms with Crippen LogP contribution in [0.2, 0.25) is 0 Å². The van der Waals surface area contributed by atoms with Crippen LogP contribution in [0.5, 0.6) is 5.75 Å². The van der Waals surface area contributed by atoms with E-state index >= 15 is 0 Å². The summed E-state index contributed by atoms with van der Waals surface area (Å²) in [6.45, 7) is -0.0719. The number of nitrogens with zero attached hydrogens (tertiary/aromatic N) is 1. The maximum Gasteiger partial charge on any atom is 0.342 e. The first kappa shape index (κ1) is 24.3. The van der Waals surface area contributed by atoms with E-state index < -0.39 is 17.6 Å². The van der Waals surface area contributed by atoms with Gasteiger partial charge in [-0.05, 0) is 30.5 Å². The first-order chi connectivity index (χ1) is 11.9. The number of phenols is 1. The molecule has 1 aliphatic heterocycles. The zero-order valence-corrected chi connectivity index (χ0v) is 15.4. The highest BCUT2D eigenvalue weighted by Gasteiger charge is 2.19. The second kappa shape index (κ2) is 11.1. The lowest BCUT2D eigenvalue weighted by molar-refractivity contribution is -0.117. The first-order valence-corrected chi connectivity index (χ1v) is 8.17. The number of ketones is 1. The van der Waals surface area contributed by atoms with E-state index in [1.165, 1.54) is 6.07 Å². The Kier molecular flexibility index (Phi) is 9.98. The summed E-state index contributed by atoms with van der Waals surface area (Å²) in [7, 11) is 3.66. The van der Waals surface area contributed by atoms with E-state index in [1.807, 2.05) is 19.0 Å². The fraction of sp³-hybridized carbons (Fsp3) is 0.368. The molecule has 0 unspecified atom stereocenters. The van der Waals surface area contributed by atoms with E-state index in [1.54, 1.807) is 18.2 Å². The number of carbonyl (C=O) groups is 2. The fourth-order valence-electron chi connectivity index (χ4n) is 2.48. The van der Waals surface area contributed by atoms with E-state index in [-0.39, 0.29) is 41.7 Å². The Balaban J connectivity index is 0.00000338. The summed E-state index contributed by atoms with van der Waals surface area (Å²) in [6.07, 6.45) is 5.94. The predicted molar refractivity (Wildman–Crippen MR) is 102 cm³/mol. The van der Waals surface area contributed by atoms with E-state index in [4.69, 9.17) is 4.74 Å². The summed E-state index contributed by atoms with van der Waals surface area (Å²) in [5.74, 6) is -2.18. The molecule has 0 saturated carbocycles. The third-order valence-electron chi connectivity index (χ3n) is 3.87. The summed E-state index contributed by atoms with van der Waals surface area (Å²) in [5.41, 5.74) is 1.37. The first-order valence-electron chi connectivity index (χ1n) is 8.17. The molecule has 150 valence electrons. The maximum atomic E-state index is 13.6. The normalized spacial score (nSPS) is 18.4. The molecular weight excluding hydrogens is 357 g/mol. The van der Waals surface area contributed by atoms with Crippen molar-refractivity contribution in [2.75, 3.05) is 25.6 Å². The Bertz CT molecular complexity index is 727. The fourth-order valence-corrected chi connectivity index (χ4v) is 2.48. The number of benzene rings is 1. The minimum Gasteiger partial charge on any atom is -0.507 e. The highest BCUT2D eigenvalue weighted by molar-refractivity contribution is 5.97. The number of esters is 1. The number of fused-ring (bicyclic) bond motifs is 1. The highest BCUT2D eigenvalue weighted by Crippen LogP contribution is 2.30. The van der Waals surface area contributed by atoms with Crippen molar-refractivity contribution in [2.45, 2.75) is 25.7 Å². The van der Waals surface area contributed by atoms with Gasteiger partial charge in [-0.25, -0.2) is 9.18 Å². The number of rotatable bonds is 1. The van der Waals surface area contributed by atoms with Crippen LogP contribution in [0, 0.1) is 0 Å². The Labute approximate surface area is 157 Å². The number of halogens is 1. The Morgan fingerprint density at radius 2 is 1.85 bits per heavy atom. The van der Waals surface area contributed by atoms with Crippen LogP contribution in [0.4, 0.5) is 10.1 Å². The van der Waals surface area contributed by atoms with Crippen LogP contribution in [0.3, 0.4) is 0 Å². The summed E-state index contributed by atoms with van der Waals surface area (Å²) < 4.78 is 18.7. The minimum absolute atomic E-state index is 0. The largest absolute Gasteiger partial charge is 0.507 e. The summed E-state index contributed by atoms with van der Waals surface area (Å²) in [4.78, 5) is 25.7. The van der Waals surface area contributed by atoms with Crippen LogP contribution < -0.4 is 4.90 Å². The third-order valence-corrected chi connectivity index (χ3v) is 3.87. The summed E-state index contributed by atoms with van der Waals surface area (Å²) in [6, 6.07) is 3.28. The molecule has 1 aromatic rings. The predicted octanol–water partition coefficient (Wildman–Crippen LogP) is 1.98. The van der Waals surface area contributed by atoms with Gasteiger partial charge in [-0.1, -0.05) is 12.2 Å². The summed E-state index contributed by atoms with van der Waals surface area (Å²) in [5, 5.41) is 10.3. The number of anilines is 1. The lowest BCUT2D eigenvalue weighted by Gasteiger charge is -2.16. The van der Waals surface area contributed by atoms with Gasteiger partial charge in [0.1, 0.15) is 11.3 Å². The number of carbonyl (C=O) groups excluding carboxylic acids is 2. The van der Waals surface area contributed by atoms with Crippen molar-refractivity contribution >= 4 is 23.5 Å². The second-order valence-electron chi connectivity index (χ2n) is 6.02. The van der Waals surface area contributed by atoms with Gasteiger partial charge in [0.2, 0.25) is 0 Å². The molecule has 8 heteroatoms. The number of allylic oxidation sites excluding steroid dienone is 2. The van der Waals surface area contributed by atoms with Crippen LogP contribution in [0.1, 0.15) is 41.6 Å². The monoisotopic (exact) mass is 383 g/mol. The molecular formula is C19H26FNO6. The molecule has 0 radical (unpaired) electrons. The molecule has 0 spiro atoms. The van der Waals surface area contributed by atoms with Gasteiger partial charge < -0.3 is 25.7 Å². The molecule has 0 bridgehead atoms. The van der Waals surface area contributed by atoms with E-state index in [2.05, 4.69) is 0 Å². The second-order valence-corrected chi connectivity index (χ2v) is 6.02. The number of cyclic esters (lactones) is 1. The average Bonchev–Trinajstić information content (AvgIpc) is 2.56. The van der Waals surface area contributed by atoms with Crippen LogP contribution in [-0.2, 0) is 9.53 Å². The summed E-state index contributed by atoms with van der Waals surface area (Å²) >= 11 is 0. The quantitative estimate of drug-likeness (QED) is 0.741. The third kappa shape index (κ3) is 6.50. The smallest absolute Gasteiger partial charge is 0.342 e.